The Morgan fingerprint density at radius 3 is 2.29 bits per heavy atom. The topological polar surface area (TPSA) is 29.1 Å². The Bertz CT molecular complexity index is 392. The number of aldehydes is 1. The number of carbonyl (C=O) groups excluding carboxylic acids is 1. The molecule has 0 fully saturated rings. The first-order valence-electron chi connectivity index (χ1n) is 5.66. The summed E-state index contributed by atoms with van der Waals surface area (Å²) in [6, 6.07) is 8.29. The van der Waals surface area contributed by atoms with E-state index in [9.17, 15) is 4.79 Å². The van der Waals surface area contributed by atoms with E-state index in [0.717, 1.165) is 11.9 Å². The van der Waals surface area contributed by atoms with Gasteiger partial charge in [0.25, 0.3) is 0 Å². The predicted molar refractivity (Wildman–Crippen MR) is 75.4 cm³/mol. The van der Waals surface area contributed by atoms with E-state index in [1.807, 2.05) is 39.1 Å². The van der Waals surface area contributed by atoms with E-state index in [1.165, 1.54) is 11.3 Å². The van der Waals surface area contributed by atoms with Crippen LogP contribution in [0.2, 0.25) is 0 Å². The highest BCUT2D eigenvalue weighted by Gasteiger charge is 1.84. The molecule has 0 atom stereocenters. The second kappa shape index (κ2) is 9.40. The van der Waals surface area contributed by atoms with Gasteiger partial charge in [0, 0.05) is 18.3 Å². The standard InChI is InChI=1S/C8H11N.C7H10O/c1-7-4-3-5-8(6-7)9-2;1-3-5-7(4-2)6-8/h3-6,9H,1-2H3;3-6H,1-2H3/b;5-3-,7-4+. The number of hydrogen-bond donors (Lipinski definition) is 1. The molecule has 0 aromatic heterocycles. The lowest BCUT2D eigenvalue weighted by molar-refractivity contribution is -0.104. The number of allylic oxidation sites excluding steroid dienone is 4. The van der Waals surface area contributed by atoms with E-state index < -0.39 is 0 Å². The van der Waals surface area contributed by atoms with Gasteiger partial charge in [-0.2, -0.15) is 0 Å². The van der Waals surface area contributed by atoms with Crippen LogP contribution in [-0.2, 0) is 4.79 Å². The maximum Gasteiger partial charge on any atom is 0.149 e. The largest absolute Gasteiger partial charge is 0.388 e. The third-order valence-corrected chi connectivity index (χ3v) is 2.14. The summed E-state index contributed by atoms with van der Waals surface area (Å²) >= 11 is 0. The fourth-order valence-corrected chi connectivity index (χ4v) is 1.20. The number of carbonyl (C=O) groups is 1. The van der Waals surface area contributed by atoms with Crippen LogP contribution in [0.3, 0.4) is 0 Å². The van der Waals surface area contributed by atoms with E-state index in [0.29, 0.717) is 0 Å². The van der Waals surface area contributed by atoms with Crippen molar-refractivity contribution < 1.29 is 4.79 Å². The molecule has 0 amide bonds. The zero-order valence-corrected chi connectivity index (χ0v) is 11.0. The lowest BCUT2D eigenvalue weighted by Crippen LogP contribution is -1.86. The van der Waals surface area contributed by atoms with Crippen molar-refractivity contribution in [1.29, 1.82) is 0 Å². The van der Waals surface area contributed by atoms with Crippen molar-refractivity contribution in [2.45, 2.75) is 20.8 Å². The summed E-state index contributed by atoms with van der Waals surface area (Å²) in [6.45, 7) is 5.80. The third kappa shape index (κ3) is 7.12. The molecule has 0 saturated heterocycles. The minimum Gasteiger partial charge on any atom is -0.388 e. The lowest BCUT2D eigenvalue weighted by atomic mass is 10.2. The van der Waals surface area contributed by atoms with Gasteiger partial charge in [-0.15, -0.1) is 0 Å². The molecule has 1 rings (SSSR count). The highest BCUT2D eigenvalue weighted by atomic mass is 16.1. The summed E-state index contributed by atoms with van der Waals surface area (Å²) < 4.78 is 0. The summed E-state index contributed by atoms with van der Waals surface area (Å²) in [5.74, 6) is 0. The van der Waals surface area contributed by atoms with Crippen molar-refractivity contribution >= 4 is 12.0 Å². The van der Waals surface area contributed by atoms with Crippen molar-refractivity contribution in [3.8, 4) is 0 Å². The highest BCUT2D eigenvalue weighted by Crippen LogP contribution is 2.07. The van der Waals surface area contributed by atoms with Gasteiger partial charge in [-0.3, -0.25) is 4.79 Å². The molecule has 2 heteroatoms. The van der Waals surface area contributed by atoms with E-state index in [4.69, 9.17) is 0 Å². The number of hydrogen-bond acceptors (Lipinski definition) is 2. The highest BCUT2D eigenvalue weighted by molar-refractivity contribution is 5.77. The quantitative estimate of drug-likeness (QED) is 0.487. The number of benzene rings is 1. The van der Waals surface area contributed by atoms with Gasteiger partial charge in [0.05, 0.1) is 0 Å². The Hall–Kier alpha value is -1.83. The minimum absolute atomic E-state index is 0.729. The summed E-state index contributed by atoms with van der Waals surface area (Å²) in [5.41, 5.74) is 3.20. The molecule has 0 spiro atoms. The summed E-state index contributed by atoms with van der Waals surface area (Å²) in [6.07, 6.45) is 6.21. The molecule has 1 aromatic carbocycles. The van der Waals surface area contributed by atoms with Crippen molar-refractivity contribution in [1.82, 2.24) is 0 Å². The van der Waals surface area contributed by atoms with E-state index in [-0.39, 0.29) is 0 Å². The third-order valence-electron chi connectivity index (χ3n) is 2.14. The molecule has 2 nitrogen and oxygen atoms in total. The number of anilines is 1. The fourth-order valence-electron chi connectivity index (χ4n) is 1.20. The van der Waals surface area contributed by atoms with Crippen LogP contribution in [0, 0.1) is 6.92 Å². The second-order valence-corrected chi connectivity index (χ2v) is 3.53. The van der Waals surface area contributed by atoms with Crippen LogP contribution in [0.5, 0.6) is 0 Å². The first-order valence-corrected chi connectivity index (χ1v) is 5.66. The second-order valence-electron chi connectivity index (χ2n) is 3.53. The fraction of sp³-hybridized carbons (Fsp3) is 0.267. The maximum atomic E-state index is 10.0. The first kappa shape index (κ1) is 15.2. The monoisotopic (exact) mass is 231 g/mol. The summed E-state index contributed by atoms with van der Waals surface area (Å²) in [7, 11) is 1.93. The van der Waals surface area contributed by atoms with Gasteiger partial charge in [-0.1, -0.05) is 30.4 Å². The molecule has 17 heavy (non-hydrogen) atoms. The van der Waals surface area contributed by atoms with Gasteiger partial charge in [-0.05, 0) is 38.5 Å². The maximum absolute atomic E-state index is 10.0. The number of aryl methyl sites for hydroxylation is 1. The zero-order chi connectivity index (χ0) is 13.1. The Labute approximate surface area is 104 Å². The molecule has 0 bridgehead atoms. The zero-order valence-electron chi connectivity index (χ0n) is 11.0. The molecule has 0 saturated carbocycles. The lowest BCUT2D eigenvalue weighted by Gasteiger charge is -1.98. The van der Waals surface area contributed by atoms with Crippen molar-refractivity contribution in [3.05, 3.63) is 53.6 Å². The van der Waals surface area contributed by atoms with E-state index in [1.54, 1.807) is 12.2 Å². The van der Waals surface area contributed by atoms with Crippen LogP contribution in [-0.4, -0.2) is 13.3 Å². The van der Waals surface area contributed by atoms with Crippen molar-refractivity contribution in [2.24, 2.45) is 0 Å². The van der Waals surface area contributed by atoms with Gasteiger partial charge in [0.15, 0.2) is 0 Å². The normalized spacial score (nSPS) is 10.7. The Morgan fingerprint density at radius 2 is 2.00 bits per heavy atom. The molecule has 0 aliphatic heterocycles. The minimum atomic E-state index is 0.729. The molecule has 0 unspecified atom stereocenters. The van der Waals surface area contributed by atoms with Crippen molar-refractivity contribution in [2.75, 3.05) is 12.4 Å². The van der Waals surface area contributed by atoms with Crippen LogP contribution >= 0.6 is 0 Å². The Kier molecular flexibility index (Phi) is 8.39. The van der Waals surface area contributed by atoms with Gasteiger partial charge < -0.3 is 5.32 Å². The summed E-state index contributed by atoms with van der Waals surface area (Å²) in [5, 5.41) is 3.07. The SMILES string of the molecule is C/C=C\C(C=O)=C/C.CNc1cccc(C)c1. The van der Waals surface area contributed by atoms with Gasteiger partial charge >= 0.3 is 0 Å². The number of rotatable bonds is 3. The molecule has 92 valence electrons. The van der Waals surface area contributed by atoms with E-state index in [2.05, 4.69) is 24.4 Å². The van der Waals surface area contributed by atoms with Crippen LogP contribution in [0.4, 0.5) is 5.69 Å². The smallest absolute Gasteiger partial charge is 0.149 e. The Balaban J connectivity index is 0.000000304. The number of nitrogens with one attached hydrogen (secondary N) is 1. The molecule has 0 aliphatic rings. The molecular formula is C15H21NO. The molecule has 0 heterocycles. The van der Waals surface area contributed by atoms with Crippen LogP contribution in [0.15, 0.2) is 48.1 Å². The van der Waals surface area contributed by atoms with Crippen LogP contribution < -0.4 is 5.32 Å². The van der Waals surface area contributed by atoms with Gasteiger partial charge in [-0.25, -0.2) is 0 Å². The average molecular weight is 231 g/mol. The average Bonchev–Trinajstić information content (AvgIpc) is 2.36. The molecule has 0 radical (unpaired) electrons. The van der Waals surface area contributed by atoms with Gasteiger partial charge in [0.1, 0.15) is 6.29 Å². The van der Waals surface area contributed by atoms with E-state index >= 15 is 0 Å². The summed E-state index contributed by atoms with van der Waals surface area (Å²) in [4.78, 5) is 10.0. The van der Waals surface area contributed by atoms with Gasteiger partial charge in [0.2, 0.25) is 0 Å². The molecule has 1 N–H and O–H groups in total. The molecule has 0 aliphatic carbocycles. The van der Waals surface area contributed by atoms with Crippen LogP contribution in [0.1, 0.15) is 19.4 Å². The Morgan fingerprint density at radius 1 is 1.29 bits per heavy atom. The van der Waals surface area contributed by atoms with Crippen LogP contribution in [0.25, 0.3) is 0 Å². The van der Waals surface area contributed by atoms with Crippen molar-refractivity contribution in [3.63, 3.8) is 0 Å². The first-order chi connectivity index (χ1) is 8.17. The molecule has 1 aromatic rings. The predicted octanol–water partition coefficient (Wildman–Crippen LogP) is 3.74. The molecular weight excluding hydrogens is 210 g/mol.